The molecule has 0 saturated carbocycles. The Morgan fingerprint density at radius 3 is 2.50 bits per heavy atom. The van der Waals surface area contributed by atoms with E-state index < -0.39 is 0 Å². The molecule has 3 nitrogen and oxygen atoms in total. The number of Topliss-reactive ketones (excluding diaryl/α,β-unsaturated/α-hetero) is 1. The highest BCUT2D eigenvalue weighted by molar-refractivity contribution is 5.84. The van der Waals surface area contributed by atoms with E-state index in [0.717, 1.165) is 30.7 Å². The Hall–Kier alpha value is -1.90. The maximum atomic E-state index is 12.5. The Balaban J connectivity index is 1.70. The van der Waals surface area contributed by atoms with Gasteiger partial charge in [0.15, 0.2) is 0 Å². The number of aromatic nitrogens is 2. The number of hydrogen-bond donors (Lipinski definition) is 0. The van der Waals surface area contributed by atoms with Crippen molar-refractivity contribution in [3.05, 3.63) is 52.8 Å². The molecular formula is C17H20N2O. The van der Waals surface area contributed by atoms with E-state index in [9.17, 15) is 4.79 Å². The van der Waals surface area contributed by atoms with E-state index >= 15 is 0 Å². The van der Waals surface area contributed by atoms with E-state index in [1.165, 1.54) is 11.1 Å². The average Bonchev–Trinajstić information content (AvgIpc) is 3.02. The molecule has 0 saturated heterocycles. The SMILES string of the molecule is CCc1cc(CC(=O)C2Cc3ccccc3C2)n(C)n1. The average molecular weight is 268 g/mol. The standard InChI is InChI=1S/C17H20N2O/c1-3-15-10-16(19(2)18-15)11-17(20)14-8-12-6-4-5-7-13(12)9-14/h4-7,10,14H,3,8-9,11H2,1-2H3. The highest BCUT2D eigenvalue weighted by Crippen LogP contribution is 2.27. The summed E-state index contributed by atoms with van der Waals surface area (Å²) in [7, 11) is 1.92. The summed E-state index contributed by atoms with van der Waals surface area (Å²) in [6.07, 6.45) is 3.21. The lowest BCUT2D eigenvalue weighted by molar-refractivity contribution is -0.122. The molecule has 1 aliphatic rings. The lowest BCUT2D eigenvalue weighted by Gasteiger charge is -2.07. The number of rotatable bonds is 4. The van der Waals surface area contributed by atoms with Gasteiger partial charge in [0.05, 0.1) is 5.69 Å². The Morgan fingerprint density at radius 1 is 1.30 bits per heavy atom. The zero-order valence-electron chi connectivity index (χ0n) is 12.1. The van der Waals surface area contributed by atoms with Gasteiger partial charge in [0.2, 0.25) is 0 Å². The fourth-order valence-corrected chi connectivity index (χ4v) is 3.02. The predicted octanol–water partition coefficient (Wildman–Crippen LogP) is 2.51. The minimum atomic E-state index is 0.146. The minimum absolute atomic E-state index is 0.146. The number of carbonyl (C=O) groups excluding carboxylic acids is 1. The van der Waals surface area contributed by atoms with Gasteiger partial charge in [-0.15, -0.1) is 0 Å². The molecule has 0 spiro atoms. The van der Waals surface area contributed by atoms with Crippen molar-refractivity contribution in [1.29, 1.82) is 0 Å². The fourth-order valence-electron chi connectivity index (χ4n) is 3.02. The third kappa shape index (κ3) is 2.40. The molecule has 1 heterocycles. The van der Waals surface area contributed by atoms with Gasteiger partial charge in [-0.2, -0.15) is 5.10 Å². The molecule has 0 radical (unpaired) electrons. The number of nitrogens with zero attached hydrogens (tertiary/aromatic N) is 2. The zero-order valence-corrected chi connectivity index (χ0v) is 12.1. The van der Waals surface area contributed by atoms with Gasteiger partial charge < -0.3 is 0 Å². The molecule has 0 atom stereocenters. The summed E-state index contributed by atoms with van der Waals surface area (Å²) >= 11 is 0. The van der Waals surface area contributed by atoms with E-state index in [0.29, 0.717) is 12.2 Å². The summed E-state index contributed by atoms with van der Waals surface area (Å²) in [5, 5.41) is 4.41. The summed E-state index contributed by atoms with van der Waals surface area (Å²) in [5.41, 5.74) is 4.77. The largest absolute Gasteiger partial charge is 0.299 e. The number of carbonyl (C=O) groups is 1. The first-order chi connectivity index (χ1) is 9.67. The smallest absolute Gasteiger partial charge is 0.142 e. The van der Waals surface area contributed by atoms with E-state index in [1.54, 1.807) is 0 Å². The summed E-state index contributed by atoms with van der Waals surface area (Å²) in [6.45, 7) is 2.08. The second-order valence-electron chi connectivity index (χ2n) is 5.62. The molecule has 104 valence electrons. The van der Waals surface area contributed by atoms with Crippen LogP contribution in [-0.2, 0) is 37.5 Å². The molecule has 0 N–H and O–H groups in total. The van der Waals surface area contributed by atoms with E-state index in [2.05, 4.69) is 42.4 Å². The molecule has 1 aromatic heterocycles. The second kappa shape index (κ2) is 5.23. The zero-order chi connectivity index (χ0) is 14.1. The van der Waals surface area contributed by atoms with Crippen molar-refractivity contribution in [2.24, 2.45) is 13.0 Å². The van der Waals surface area contributed by atoms with Crippen LogP contribution in [0.4, 0.5) is 0 Å². The Morgan fingerprint density at radius 2 is 1.95 bits per heavy atom. The van der Waals surface area contributed by atoms with Crippen molar-refractivity contribution >= 4 is 5.78 Å². The van der Waals surface area contributed by atoms with Crippen LogP contribution in [0.25, 0.3) is 0 Å². The first kappa shape index (κ1) is 13.1. The molecular weight excluding hydrogens is 248 g/mol. The first-order valence-electron chi connectivity index (χ1n) is 7.28. The molecule has 3 heteroatoms. The molecule has 3 rings (SSSR count). The van der Waals surface area contributed by atoms with E-state index in [4.69, 9.17) is 0 Å². The highest BCUT2D eigenvalue weighted by atomic mass is 16.1. The van der Waals surface area contributed by atoms with Crippen LogP contribution in [0.5, 0.6) is 0 Å². The van der Waals surface area contributed by atoms with Crippen LogP contribution in [0.2, 0.25) is 0 Å². The van der Waals surface area contributed by atoms with Gasteiger partial charge in [0.25, 0.3) is 0 Å². The minimum Gasteiger partial charge on any atom is -0.299 e. The molecule has 20 heavy (non-hydrogen) atoms. The van der Waals surface area contributed by atoms with Crippen molar-refractivity contribution in [2.75, 3.05) is 0 Å². The van der Waals surface area contributed by atoms with Crippen molar-refractivity contribution in [1.82, 2.24) is 9.78 Å². The Bertz CT molecular complexity index is 617. The Kier molecular flexibility index (Phi) is 3.43. The lowest BCUT2D eigenvalue weighted by Crippen LogP contribution is -2.18. The maximum absolute atomic E-state index is 12.5. The van der Waals surface area contributed by atoms with Crippen molar-refractivity contribution in [2.45, 2.75) is 32.6 Å². The Labute approximate surface area is 119 Å². The third-order valence-electron chi connectivity index (χ3n) is 4.25. The molecule has 0 unspecified atom stereocenters. The van der Waals surface area contributed by atoms with Crippen LogP contribution in [0.3, 0.4) is 0 Å². The highest BCUT2D eigenvalue weighted by Gasteiger charge is 2.27. The van der Waals surface area contributed by atoms with Crippen molar-refractivity contribution in [3.63, 3.8) is 0 Å². The predicted molar refractivity (Wildman–Crippen MR) is 78.6 cm³/mol. The van der Waals surface area contributed by atoms with Gasteiger partial charge in [-0.05, 0) is 36.5 Å². The number of hydrogen-bond acceptors (Lipinski definition) is 2. The first-order valence-corrected chi connectivity index (χ1v) is 7.28. The quantitative estimate of drug-likeness (QED) is 0.854. The van der Waals surface area contributed by atoms with Crippen molar-refractivity contribution < 1.29 is 4.79 Å². The molecule has 1 aliphatic carbocycles. The summed E-state index contributed by atoms with van der Waals surface area (Å²) in [5.74, 6) is 0.485. The fraction of sp³-hybridized carbons (Fsp3) is 0.412. The number of benzene rings is 1. The van der Waals surface area contributed by atoms with Crippen LogP contribution in [0.15, 0.2) is 30.3 Å². The molecule has 0 bridgehead atoms. The van der Waals surface area contributed by atoms with Crippen LogP contribution in [0, 0.1) is 5.92 Å². The molecule has 0 aliphatic heterocycles. The van der Waals surface area contributed by atoms with Gasteiger partial charge in [-0.25, -0.2) is 0 Å². The van der Waals surface area contributed by atoms with Crippen LogP contribution < -0.4 is 0 Å². The van der Waals surface area contributed by atoms with Gasteiger partial charge in [0.1, 0.15) is 5.78 Å². The molecule has 2 aromatic rings. The molecule has 0 fully saturated rings. The summed E-state index contributed by atoms with van der Waals surface area (Å²) in [4.78, 5) is 12.5. The number of aryl methyl sites for hydroxylation is 2. The van der Waals surface area contributed by atoms with Gasteiger partial charge >= 0.3 is 0 Å². The van der Waals surface area contributed by atoms with Crippen molar-refractivity contribution in [3.8, 4) is 0 Å². The number of fused-ring (bicyclic) bond motifs is 1. The van der Waals surface area contributed by atoms with E-state index in [1.807, 2.05) is 11.7 Å². The molecule has 1 aromatic carbocycles. The van der Waals surface area contributed by atoms with Gasteiger partial charge in [0, 0.05) is 25.1 Å². The van der Waals surface area contributed by atoms with E-state index in [-0.39, 0.29) is 5.92 Å². The second-order valence-corrected chi connectivity index (χ2v) is 5.62. The summed E-state index contributed by atoms with van der Waals surface area (Å²) < 4.78 is 1.85. The number of ketones is 1. The normalized spacial score (nSPS) is 14.5. The molecule has 0 amide bonds. The maximum Gasteiger partial charge on any atom is 0.142 e. The summed E-state index contributed by atoms with van der Waals surface area (Å²) in [6, 6.07) is 10.4. The van der Waals surface area contributed by atoms with Crippen LogP contribution in [-0.4, -0.2) is 15.6 Å². The van der Waals surface area contributed by atoms with Crippen LogP contribution in [0.1, 0.15) is 29.4 Å². The van der Waals surface area contributed by atoms with Crippen LogP contribution >= 0.6 is 0 Å². The van der Waals surface area contributed by atoms with Gasteiger partial charge in [-0.1, -0.05) is 31.2 Å². The van der Waals surface area contributed by atoms with Gasteiger partial charge in [-0.3, -0.25) is 9.48 Å². The third-order valence-corrected chi connectivity index (χ3v) is 4.25. The topological polar surface area (TPSA) is 34.9 Å². The monoisotopic (exact) mass is 268 g/mol. The lowest BCUT2D eigenvalue weighted by atomic mass is 9.97.